The van der Waals surface area contributed by atoms with Crippen molar-refractivity contribution in [3.05, 3.63) is 35.9 Å². The molecule has 0 bridgehead atoms. The summed E-state index contributed by atoms with van der Waals surface area (Å²) in [5.74, 6) is -1.03. The van der Waals surface area contributed by atoms with Crippen molar-refractivity contribution in [2.45, 2.75) is 51.4 Å². The third-order valence-corrected chi connectivity index (χ3v) is 4.84. The summed E-state index contributed by atoms with van der Waals surface area (Å²) >= 11 is 0. The first-order valence-electron chi connectivity index (χ1n) is 8.63. The minimum Gasteiger partial charge on any atom is -0.481 e. The van der Waals surface area contributed by atoms with Gasteiger partial charge < -0.3 is 10.4 Å². The number of carbonyl (C=O) groups is 2. The fourth-order valence-electron chi connectivity index (χ4n) is 3.44. The number of carbonyl (C=O) groups excluding carboxylic acids is 1. The van der Waals surface area contributed by atoms with E-state index in [-0.39, 0.29) is 18.4 Å². The van der Waals surface area contributed by atoms with Crippen molar-refractivity contribution in [2.75, 3.05) is 6.54 Å². The lowest BCUT2D eigenvalue weighted by atomic mass is 9.83. The van der Waals surface area contributed by atoms with Gasteiger partial charge >= 0.3 is 5.97 Å². The zero-order valence-corrected chi connectivity index (χ0v) is 13.8. The molecule has 1 saturated carbocycles. The molecule has 126 valence electrons. The summed E-state index contributed by atoms with van der Waals surface area (Å²) in [5.41, 5.74) is 0.722. The molecule has 1 aromatic rings. The second kappa shape index (κ2) is 8.70. The van der Waals surface area contributed by atoms with Gasteiger partial charge in [-0.1, -0.05) is 69.4 Å². The molecule has 1 amide bonds. The molecule has 2 unspecified atom stereocenters. The molecule has 2 rings (SSSR count). The lowest BCUT2D eigenvalue weighted by molar-refractivity contribution is -0.138. The predicted octanol–water partition coefficient (Wildman–Crippen LogP) is 3.58. The van der Waals surface area contributed by atoms with Crippen LogP contribution in [0.3, 0.4) is 0 Å². The third kappa shape index (κ3) is 5.38. The van der Waals surface area contributed by atoms with E-state index in [4.69, 9.17) is 0 Å². The van der Waals surface area contributed by atoms with Crippen LogP contribution >= 0.6 is 0 Å². The lowest BCUT2D eigenvalue weighted by Gasteiger charge is -2.24. The first-order chi connectivity index (χ1) is 11.1. The summed E-state index contributed by atoms with van der Waals surface area (Å²) in [5, 5.41) is 12.2. The van der Waals surface area contributed by atoms with E-state index in [9.17, 15) is 14.7 Å². The number of carboxylic acid groups (broad SMARTS) is 1. The first-order valence-corrected chi connectivity index (χ1v) is 8.63. The van der Waals surface area contributed by atoms with Crippen LogP contribution in [-0.2, 0) is 9.59 Å². The molecule has 1 aliphatic rings. The van der Waals surface area contributed by atoms with Crippen molar-refractivity contribution in [2.24, 2.45) is 11.8 Å². The number of hydrogen-bond donors (Lipinski definition) is 2. The summed E-state index contributed by atoms with van der Waals surface area (Å²) in [4.78, 5) is 23.7. The second-order valence-corrected chi connectivity index (χ2v) is 6.69. The molecule has 2 N–H and O–H groups in total. The lowest BCUT2D eigenvalue weighted by Crippen LogP contribution is -2.35. The Balaban J connectivity index is 1.84. The monoisotopic (exact) mass is 317 g/mol. The van der Waals surface area contributed by atoms with Gasteiger partial charge in [-0.2, -0.15) is 0 Å². The van der Waals surface area contributed by atoms with Crippen molar-refractivity contribution in [3.8, 4) is 0 Å². The van der Waals surface area contributed by atoms with E-state index < -0.39 is 11.9 Å². The van der Waals surface area contributed by atoms with Gasteiger partial charge in [0.15, 0.2) is 0 Å². The van der Waals surface area contributed by atoms with Crippen LogP contribution < -0.4 is 5.32 Å². The Morgan fingerprint density at radius 1 is 1.17 bits per heavy atom. The number of nitrogens with one attached hydrogen (secondary N) is 1. The minimum absolute atomic E-state index is 0.0299. The SMILES string of the molecule is CC(CC1CCCCC1)C(=O)NCC(C(=O)O)c1ccccc1. The average Bonchev–Trinajstić information content (AvgIpc) is 2.56. The fraction of sp³-hybridized carbons (Fsp3) is 0.579. The van der Waals surface area contributed by atoms with Gasteiger partial charge in [-0.25, -0.2) is 0 Å². The Kier molecular flexibility index (Phi) is 6.63. The van der Waals surface area contributed by atoms with Gasteiger partial charge in [-0.3, -0.25) is 9.59 Å². The molecule has 2 atom stereocenters. The van der Waals surface area contributed by atoms with Crippen LogP contribution in [0.25, 0.3) is 0 Å². The van der Waals surface area contributed by atoms with Crippen LogP contribution in [0.2, 0.25) is 0 Å². The van der Waals surface area contributed by atoms with Crippen LogP contribution in [0.4, 0.5) is 0 Å². The molecule has 0 saturated heterocycles. The zero-order chi connectivity index (χ0) is 16.7. The van der Waals surface area contributed by atoms with E-state index >= 15 is 0 Å². The summed E-state index contributed by atoms with van der Waals surface area (Å²) < 4.78 is 0. The quantitative estimate of drug-likeness (QED) is 0.808. The molecule has 0 heterocycles. The number of rotatable bonds is 7. The van der Waals surface area contributed by atoms with E-state index in [2.05, 4.69) is 5.32 Å². The zero-order valence-electron chi connectivity index (χ0n) is 13.8. The third-order valence-electron chi connectivity index (χ3n) is 4.84. The van der Waals surface area contributed by atoms with Gasteiger partial charge in [0.05, 0.1) is 5.92 Å². The maximum absolute atomic E-state index is 12.3. The predicted molar refractivity (Wildman–Crippen MR) is 90.2 cm³/mol. The highest BCUT2D eigenvalue weighted by molar-refractivity contribution is 5.81. The molecular formula is C19H27NO3. The Hall–Kier alpha value is -1.84. The second-order valence-electron chi connectivity index (χ2n) is 6.69. The van der Waals surface area contributed by atoms with Crippen LogP contribution in [0.5, 0.6) is 0 Å². The van der Waals surface area contributed by atoms with Crippen LogP contribution in [0, 0.1) is 11.8 Å². The van der Waals surface area contributed by atoms with E-state index in [1.54, 1.807) is 12.1 Å². The van der Waals surface area contributed by atoms with Crippen molar-refractivity contribution in [1.82, 2.24) is 5.32 Å². The van der Waals surface area contributed by atoms with E-state index in [1.807, 2.05) is 25.1 Å². The molecule has 1 aliphatic carbocycles. The first kappa shape index (κ1) is 17.5. The Morgan fingerprint density at radius 2 is 1.83 bits per heavy atom. The van der Waals surface area contributed by atoms with Crippen molar-refractivity contribution in [1.29, 1.82) is 0 Å². The Bertz CT molecular complexity index is 509. The number of amides is 1. The number of benzene rings is 1. The highest BCUT2D eigenvalue weighted by atomic mass is 16.4. The number of hydrogen-bond acceptors (Lipinski definition) is 2. The smallest absolute Gasteiger partial charge is 0.312 e. The summed E-state index contributed by atoms with van der Waals surface area (Å²) in [6.07, 6.45) is 7.21. The molecule has 0 spiro atoms. The van der Waals surface area contributed by atoms with Gasteiger partial charge in [0, 0.05) is 12.5 Å². The van der Waals surface area contributed by atoms with Crippen molar-refractivity contribution < 1.29 is 14.7 Å². The van der Waals surface area contributed by atoms with Gasteiger partial charge in [0.1, 0.15) is 0 Å². The molecule has 1 aromatic carbocycles. The maximum Gasteiger partial charge on any atom is 0.312 e. The van der Waals surface area contributed by atoms with Gasteiger partial charge in [-0.15, -0.1) is 0 Å². The molecule has 23 heavy (non-hydrogen) atoms. The Morgan fingerprint density at radius 3 is 2.43 bits per heavy atom. The van der Waals surface area contributed by atoms with E-state index in [0.29, 0.717) is 5.92 Å². The van der Waals surface area contributed by atoms with Crippen molar-refractivity contribution in [3.63, 3.8) is 0 Å². The molecular weight excluding hydrogens is 290 g/mol. The fourth-order valence-corrected chi connectivity index (χ4v) is 3.44. The summed E-state index contributed by atoms with van der Waals surface area (Å²) in [7, 11) is 0. The normalized spacial score (nSPS) is 18.1. The molecule has 0 aromatic heterocycles. The van der Waals surface area contributed by atoms with Gasteiger partial charge in [0.2, 0.25) is 5.91 Å². The van der Waals surface area contributed by atoms with E-state index in [1.165, 1.54) is 32.1 Å². The number of carboxylic acids is 1. The number of aliphatic carboxylic acids is 1. The standard InChI is InChI=1S/C19H27NO3/c1-14(12-15-8-4-2-5-9-15)18(21)20-13-17(19(22)23)16-10-6-3-7-11-16/h3,6-7,10-11,14-15,17H,2,4-5,8-9,12-13H2,1H3,(H,20,21)(H,22,23). The topological polar surface area (TPSA) is 66.4 Å². The average molecular weight is 317 g/mol. The van der Waals surface area contributed by atoms with Gasteiger partial charge in [0.25, 0.3) is 0 Å². The highest BCUT2D eigenvalue weighted by Crippen LogP contribution is 2.29. The molecule has 4 heteroatoms. The van der Waals surface area contributed by atoms with Crippen LogP contribution in [0.1, 0.15) is 56.9 Å². The molecule has 4 nitrogen and oxygen atoms in total. The minimum atomic E-state index is -0.906. The summed E-state index contributed by atoms with van der Waals surface area (Å²) in [6.45, 7) is 2.09. The largest absolute Gasteiger partial charge is 0.481 e. The Labute approximate surface area is 138 Å². The molecule has 0 radical (unpaired) electrons. The van der Waals surface area contributed by atoms with Crippen molar-refractivity contribution >= 4 is 11.9 Å². The summed E-state index contributed by atoms with van der Waals surface area (Å²) in [6, 6.07) is 9.07. The van der Waals surface area contributed by atoms with Gasteiger partial charge in [-0.05, 0) is 17.9 Å². The highest BCUT2D eigenvalue weighted by Gasteiger charge is 2.24. The van der Waals surface area contributed by atoms with Crippen LogP contribution in [-0.4, -0.2) is 23.5 Å². The molecule has 0 aliphatic heterocycles. The maximum atomic E-state index is 12.3. The van der Waals surface area contributed by atoms with Crippen LogP contribution in [0.15, 0.2) is 30.3 Å². The molecule has 1 fully saturated rings. The van der Waals surface area contributed by atoms with E-state index in [0.717, 1.165) is 12.0 Å².